The van der Waals surface area contributed by atoms with Gasteiger partial charge < -0.3 is 0 Å². The molecule has 1 aliphatic heterocycles. The highest BCUT2D eigenvalue weighted by Crippen LogP contribution is 2.22. The van der Waals surface area contributed by atoms with Gasteiger partial charge >= 0.3 is 0 Å². The van der Waals surface area contributed by atoms with Crippen LogP contribution in [0.25, 0.3) is 0 Å². The summed E-state index contributed by atoms with van der Waals surface area (Å²) in [7, 11) is -3.66. The smallest absolute Gasteiger partial charge is 0.266 e. The van der Waals surface area contributed by atoms with Gasteiger partial charge in [-0.3, -0.25) is 23.2 Å². The van der Waals surface area contributed by atoms with Crippen LogP contribution < -0.4 is 0 Å². The Morgan fingerprint density at radius 3 is 2.21 bits per heavy atom. The molecule has 0 bridgehead atoms. The Morgan fingerprint density at radius 2 is 1.74 bits per heavy atom. The normalized spacial score (nSPS) is 17.4. The maximum absolute atomic E-state index is 11.9. The maximum atomic E-state index is 11.9. The van der Waals surface area contributed by atoms with Gasteiger partial charge in [0.15, 0.2) is 0 Å². The molecule has 1 aliphatic rings. The molecule has 0 saturated heterocycles. The monoisotopic (exact) mass is 301 g/mol. The van der Waals surface area contributed by atoms with Crippen LogP contribution in [0.4, 0.5) is 0 Å². The van der Waals surface area contributed by atoms with E-state index < -0.39 is 9.05 Å². The van der Waals surface area contributed by atoms with Crippen molar-refractivity contribution >= 4 is 32.1 Å². The van der Waals surface area contributed by atoms with Gasteiger partial charge in [-0.25, -0.2) is 0 Å². The van der Waals surface area contributed by atoms with Crippen molar-refractivity contribution in [2.24, 2.45) is 0 Å². The van der Waals surface area contributed by atoms with E-state index in [0.29, 0.717) is 11.1 Å². The molecule has 19 heavy (non-hydrogen) atoms. The summed E-state index contributed by atoms with van der Waals surface area (Å²) in [6.45, 7) is 0.0312. The van der Waals surface area contributed by atoms with Crippen LogP contribution in [0.15, 0.2) is 24.3 Å². The Bertz CT molecular complexity index is 591. The Morgan fingerprint density at radius 1 is 1.21 bits per heavy atom. The van der Waals surface area contributed by atoms with E-state index in [1.165, 1.54) is 0 Å². The van der Waals surface area contributed by atoms with Gasteiger partial charge in [0.25, 0.3) is 20.9 Å². The van der Waals surface area contributed by atoms with Crippen LogP contribution in [0.3, 0.4) is 0 Å². The molecule has 1 heterocycles. The zero-order valence-corrected chi connectivity index (χ0v) is 11.4. The first-order valence-corrected chi connectivity index (χ1v) is 7.84. The third-order valence-corrected chi connectivity index (χ3v) is 3.39. The molecule has 0 radical (unpaired) electrons. The van der Waals surface area contributed by atoms with Crippen molar-refractivity contribution in [3.8, 4) is 0 Å². The number of imide groups is 1. The summed E-state index contributed by atoms with van der Waals surface area (Å²) < 4.78 is 23.9. The summed E-state index contributed by atoms with van der Waals surface area (Å²) in [4.78, 5) is 25.0. The van der Waals surface area contributed by atoms with E-state index in [9.17, 15) is 13.8 Å². The largest absolute Gasteiger partial charge is 0.285 e. The lowest BCUT2D eigenvalue weighted by molar-refractivity contribution is 0.0647. The zero-order chi connectivity index (χ0) is 14.0. The average molecular weight is 301 g/mol. The van der Waals surface area contributed by atoms with Crippen LogP contribution in [0, 0.1) is 0 Å². The summed E-state index contributed by atoms with van der Waals surface area (Å²) >= 11 is 4.15. The van der Waals surface area contributed by atoms with Crippen molar-refractivity contribution in [3.05, 3.63) is 35.4 Å². The highest BCUT2D eigenvalue weighted by Gasteiger charge is 2.34. The summed E-state index contributed by atoms with van der Waals surface area (Å²) in [6.07, 6.45) is 0.250. The fourth-order valence-electron chi connectivity index (χ4n) is 1.83. The van der Waals surface area contributed by atoms with Crippen LogP contribution in [0.1, 0.15) is 27.1 Å². The highest BCUT2D eigenvalue weighted by molar-refractivity contribution is 8.27. The van der Waals surface area contributed by atoms with Crippen molar-refractivity contribution in [1.29, 1.82) is 0 Å². The molecular weight excluding hydrogens is 290 g/mol. The number of benzene rings is 1. The first-order valence-electron chi connectivity index (χ1n) is 5.47. The predicted octanol–water partition coefficient (Wildman–Crippen LogP) is 0.824. The summed E-state index contributed by atoms with van der Waals surface area (Å²) in [5.74, 6) is -0.715. The molecule has 1 aromatic rings. The van der Waals surface area contributed by atoms with Gasteiger partial charge in [-0.05, 0) is 18.6 Å². The van der Waals surface area contributed by atoms with E-state index in [1.54, 1.807) is 24.3 Å². The van der Waals surface area contributed by atoms with Crippen LogP contribution in [0.2, 0.25) is 0 Å². The molecule has 2 rings (SSSR count). The zero-order valence-electron chi connectivity index (χ0n) is 9.77. The molecular formula is C11H11NO5S2. The molecule has 1 N–H and O–H groups in total. The van der Waals surface area contributed by atoms with E-state index in [-0.39, 0.29) is 31.4 Å². The van der Waals surface area contributed by atoms with E-state index >= 15 is 0 Å². The number of carbonyl (C=O) groups is 2. The van der Waals surface area contributed by atoms with Gasteiger partial charge in [0.2, 0.25) is 0 Å². The van der Waals surface area contributed by atoms with Gasteiger partial charge in [0.1, 0.15) is 0 Å². The minimum Gasteiger partial charge on any atom is -0.285 e. The lowest BCUT2D eigenvalue weighted by Gasteiger charge is -2.13. The Hall–Kier alpha value is -1.35. The average Bonchev–Trinajstić information content (AvgIpc) is 2.58. The molecule has 0 saturated carbocycles. The van der Waals surface area contributed by atoms with Crippen LogP contribution >= 0.6 is 0 Å². The van der Waals surface area contributed by atoms with Crippen LogP contribution in [-0.2, 0) is 24.4 Å². The van der Waals surface area contributed by atoms with Gasteiger partial charge in [-0.1, -0.05) is 12.1 Å². The fourth-order valence-corrected chi connectivity index (χ4v) is 2.36. The second-order valence-electron chi connectivity index (χ2n) is 3.91. The number of fused-ring (bicyclic) bond motifs is 1. The molecule has 0 fully saturated rings. The quantitative estimate of drug-likeness (QED) is 0.640. The van der Waals surface area contributed by atoms with Crippen molar-refractivity contribution < 1.29 is 22.5 Å². The molecule has 8 heteroatoms. The van der Waals surface area contributed by atoms with Crippen molar-refractivity contribution in [2.45, 2.75) is 6.42 Å². The topological polar surface area (TPSA) is 83.9 Å². The van der Waals surface area contributed by atoms with Crippen LogP contribution in [-0.4, -0.2) is 38.6 Å². The van der Waals surface area contributed by atoms with Crippen molar-refractivity contribution in [2.75, 3.05) is 13.2 Å². The highest BCUT2D eigenvalue weighted by atomic mass is 32.9. The number of hydrogen-bond acceptors (Lipinski definition) is 5. The molecule has 0 spiro atoms. The van der Waals surface area contributed by atoms with Gasteiger partial charge in [-0.15, -0.1) is 0 Å². The maximum Gasteiger partial charge on any atom is 0.266 e. The first-order chi connectivity index (χ1) is 8.90. The number of nitrogens with zero attached hydrogens (tertiary/aromatic N) is 1. The van der Waals surface area contributed by atoms with E-state index in [4.69, 9.17) is 4.55 Å². The minimum absolute atomic E-state index is 0.0910. The SMILES string of the molecule is O=C1c2ccccc2C(=O)N1CCCOS(=O)(O)=S. The second-order valence-corrected chi connectivity index (χ2v) is 6.27. The predicted molar refractivity (Wildman–Crippen MR) is 70.5 cm³/mol. The molecule has 102 valence electrons. The molecule has 2 amide bonds. The first kappa shape index (κ1) is 14.1. The van der Waals surface area contributed by atoms with Crippen LogP contribution in [0.5, 0.6) is 0 Å². The molecule has 1 atom stereocenters. The third-order valence-electron chi connectivity index (χ3n) is 2.64. The number of hydrogen-bond donors (Lipinski definition) is 1. The van der Waals surface area contributed by atoms with E-state index in [2.05, 4.69) is 15.4 Å². The van der Waals surface area contributed by atoms with Crippen molar-refractivity contribution in [1.82, 2.24) is 4.90 Å². The summed E-state index contributed by atoms with van der Waals surface area (Å²) in [6, 6.07) is 6.56. The molecule has 0 aromatic heterocycles. The number of rotatable bonds is 5. The third kappa shape index (κ3) is 3.16. The molecule has 6 nitrogen and oxygen atoms in total. The lowest BCUT2D eigenvalue weighted by atomic mass is 10.1. The summed E-state index contributed by atoms with van der Waals surface area (Å²) in [5, 5.41) is 0. The van der Waals surface area contributed by atoms with Crippen molar-refractivity contribution in [3.63, 3.8) is 0 Å². The molecule has 1 unspecified atom stereocenters. The number of amides is 2. The summed E-state index contributed by atoms with van der Waals surface area (Å²) in [5.41, 5.74) is 0.755. The van der Waals surface area contributed by atoms with E-state index in [1.807, 2.05) is 0 Å². The van der Waals surface area contributed by atoms with E-state index in [0.717, 1.165) is 4.90 Å². The van der Waals surface area contributed by atoms with Gasteiger partial charge in [0, 0.05) is 17.7 Å². The van der Waals surface area contributed by atoms with Gasteiger partial charge in [0.05, 0.1) is 17.7 Å². The Labute approximate surface area is 115 Å². The number of carbonyl (C=O) groups excluding carboxylic acids is 2. The Kier molecular flexibility index (Phi) is 3.95. The molecule has 1 aromatic carbocycles. The molecule has 0 aliphatic carbocycles. The minimum atomic E-state index is -3.66. The standard InChI is InChI=1S/C11H11NO5S2/c13-10-8-4-1-2-5-9(8)11(14)12(10)6-3-7-17-19(15,16)18/h1-2,4-5H,3,6-7H2,(H,15,16,18). The second kappa shape index (κ2) is 5.33. The van der Waals surface area contributed by atoms with Gasteiger partial charge in [-0.2, -0.15) is 4.21 Å². The lowest BCUT2D eigenvalue weighted by Crippen LogP contribution is -2.31. The fraction of sp³-hybridized carbons (Fsp3) is 0.273. The Balaban J connectivity index is 1.97.